The van der Waals surface area contributed by atoms with E-state index in [1.165, 1.54) is 13.0 Å². The lowest BCUT2D eigenvalue weighted by atomic mass is 10.0. The van der Waals surface area contributed by atoms with E-state index in [0.717, 1.165) is 0 Å². The van der Waals surface area contributed by atoms with Crippen LogP contribution in [0.4, 0.5) is 0 Å². The maximum absolute atomic E-state index is 11.5. The van der Waals surface area contributed by atoms with E-state index in [9.17, 15) is 14.4 Å². The average molecular weight is 213 g/mol. The van der Waals surface area contributed by atoms with E-state index < -0.39 is 23.9 Å². The number of primary amides is 1. The van der Waals surface area contributed by atoms with Crippen molar-refractivity contribution in [1.82, 2.24) is 5.32 Å². The predicted octanol–water partition coefficient (Wildman–Crippen LogP) is -0.663. The summed E-state index contributed by atoms with van der Waals surface area (Å²) >= 11 is 0. The van der Waals surface area contributed by atoms with E-state index in [4.69, 9.17) is 5.73 Å². The van der Waals surface area contributed by atoms with Gasteiger partial charge in [-0.05, 0) is 12.8 Å². The fourth-order valence-corrected chi connectivity index (χ4v) is 0.937. The molecule has 2 amide bonds. The van der Waals surface area contributed by atoms with E-state index in [-0.39, 0.29) is 5.92 Å². The molecule has 0 rings (SSSR count). The first kappa shape index (κ1) is 13.3. The molecule has 6 heteroatoms. The molecule has 0 aromatic heterocycles. The van der Waals surface area contributed by atoms with Crippen LogP contribution in [-0.2, 0) is 14.4 Å². The third kappa shape index (κ3) is 4.37. The molecule has 0 spiro atoms. The average Bonchev–Trinajstić information content (AvgIpc) is 2.12. The van der Waals surface area contributed by atoms with Crippen LogP contribution in [0.5, 0.6) is 0 Å². The van der Waals surface area contributed by atoms with Gasteiger partial charge in [-0.2, -0.15) is 4.99 Å². The van der Waals surface area contributed by atoms with Crippen molar-refractivity contribution in [3.05, 3.63) is 0 Å². The van der Waals surface area contributed by atoms with E-state index in [0.29, 0.717) is 0 Å². The predicted molar refractivity (Wildman–Crippen MR) is 53.5 cm³/mol. The van der Waals surface area contributed by atoms with Gasteiger partial charge in [-0.25, -0.2) is 4.79 Å². The van der Waals surface area contributed by atoms with Gasteiger partial charge in [0.1, 0.15) is 12.1 Å². The van der Waals surface area contributed by atoms with Gasteiger partial charge >= 0.3 is 0 Å². The van der Waals surface area contributed by atoms with Crippen LogP contribution in [0.2, 0.25) is 0 Å². The van der Waals surface area contributed by atoms with E-state index in [1.54, 1.807) is 13.8 Å². The Balaban J connectivity index is 4.52. The number of isocyanates is 1. The van der Waals surface area contributed by atoms with Gasteiger partial charge in [0.15, 0.2) is 0 Å². The van der Waals surface area contributed by atoms with Crippen LogP contribution in [0.1, 0.15) is 20.8 Å². The number of hydrogen-bond acceptors (Lipinski definition) is 4. The maximum atomic E-state index is 11.5. The summed E-state index contributed by atoms with van der Waals surface area (Å²) in [7, 11) is 0. The van der Waals surface area contributed by atoms with Gasteiger partial charge in [-0.1, -0.05) is 13.8 Å². The number of aliphatic imine (C=N–C) groups is 1. The maximum Gasteiger partial charge on any atom is 0.246 e. The van der Waals surface area contributed by atoms with Crippen molar-refractivity contribution in [3.8, 4) is 0 Å². The molecule has 0 aliphatic carbocycles. The van der Waals surface area contributed by atoms with Crippen LogP contribution in [0.15, 0.2) is 4.99 Å². The number of nitrogens with zero attached hydrogens (tertiary/aromatic N) is 1. The highest BCUT2D eigenvalue weighted by Gasteiger charge is 2.23. The van der Waals surface area contributed by atoms with Crippen molar-refractivity contribution < 1.29 is 14.4 Å². The summed E-state index contributed by atoms with van der Waals surface area (Å²) in [5.41, 5.74) is 4.97. The second kappa shape index (κ2) is 5.93. The molecular weight excluding hydrogens is 198 g/mol. The van der Waals surface area contributed by atoms with Crippen LogP contribution < -0.4 is 11.1 Å². The fourth-order valence-electron chi connectivity index (χ4n) is 0.937. The first-order valence-electron chi connectivity index (χ1n) is 4.56. The molecule has 0 aromatic rings. The van der Waals surface area contributed by atoms with Gasteiger partial charge in [0, 0.05) is 0 Å². The molecule has 6 nitrogen and oxygen atoms in total. The van der Waals surface area contributed by atoms with Crippen molar-refractivity contribution >= 4 is 17.9 Å². The quantitative estimate of drug-likeness (QED) is 0.468. The summed E-state index contributed by atoms with van der Waals surface area (Å²) in [6.45, 7) is 4.93. The Labute approximate surface area is 87.9 Å². The third-order valence-electron chi connectivity index (χ3n) is 1.88. The molecular formula is C9H15N3O3. The van der Waals surface area contributed by atoms with Gasteiger partial charge in [-0.15, -0.1) is 0 Å². The Kier molecular flexibility index (Phi) is 5.26. The molecule has 0 saturated carbocycles. The van der Waals surface area contributed by atoms with Crippen molar-refractivity contribution in [2.45, 2.75) is 32.9 Å². The van der Waals surface area contributed by atoms with Gasteiger partial charge in [0.2, 0.25) is 17.9 Å². The highest BCUT2D eigenvalue weighted by Crippen LogP contribution is 2.05. The van der Waals surface area contributed by atoms with Gasteiger partial charge < -0.3 is 11.1 Å². The number of nitrogens with two attached hydrogens (primary N) is 1. The molecule has 2 unspecified atom stereocenters. The van der Waals surface area contributed by atoms with E-state index >= 15 is 0 Å². The van der Waals surface area contributed by atoms with Gasteiger partial charge in [0.05, 0.1) is 0 Å². The molecule has 0 aliphatic rings. The lowest BCUT2D eigenvalue weighted by Crippen LogP contribution is -2.47. The molecule has 0 saturated heterocycles. The topological polar surface area (TPSA) is 102 Å². The number of amides is 2. The summed E-state index contributed by atoms with van der Waals surface area (Å²) < 4.78 is 0. The Morgan fingerprint density at radius 1 is 1.33 bits per heavy atom. The highest BCUT2D eigenvalue weighted by molar-refractivity contribution is 5.89. The minimum Gasteiger partial charge on any atom is -0.368 e. The van der Waals surface area contributed by atoms with Crippen LogP contribution in [0, 0.1) is 5.92 Å². The summed E-state index contributed by atoms with van der Waals surface area (Å²) in [6, 6.07) is -1.61. The van der Waals surface area contributed by atoms with E-state index in [2.05, 4.69) is 10.3 Å². The van der Waals surface area contributed by atoms with Crippen LogP contribution in [-0.4, -0.2) is 30.0 Å². The number of carbonyl (C=O) groups excluding carboxylic acids is 3. The molecule has 15 heavy (non-hydrogen) atoms. The summed E-state index contributed by atoms with van der Waals surface area (Å²) in [5, 5.41) is 2.36. The first-order valence-corrected chi connectivity index (χ1v) is 4.56. The van der Waals surface area contributed by atoms with Gasteiger partial charge in [0.25, 0.3) is 0 Å². The zero-order valence-corrected chi connectivity index (χ0v) is 8.98. The highest BCUT2D eigenvalue weighted by atomic mass is 16.2. The minimum absolute atomic E-state index is 0.147. The van der Waals surface area contributed by atoms with Crippen LogP contribution in [0.3, 0.4) is 0 Å². The molecule has 0 aromatic carbocycles. The Bertz CT molecular complexity index is 295. The number of nitrogens with one attached hydrogen (secondary N) is 1. The Morgan fingerprint density at radius 2 is 1.87 bits per heavy atom. The molecule has 0 bridgehead atoms. The normalized spacial score (nSPS) is 13.9. The smallest absolute Gasteiger partial charge is 0.246 e. The van der Waals surface area contributed by atoms with Gasteiger partial charge in [-0.3, -0.25) is 9.59 Å². The van der Waals surface area contributed by atoms with Crippen molar-refractivity contribution in [2.75, 3.05) is 0 Å². The molecule has 0 fully saturated rings. The molecule has 3 N–H and O–H groups in total. The number of carbonyl (C=O) groups is 2. The number of hydrogen-bond donors (Lipinski definition) is 2. The molecule has 0 heterocycles. The summed E-state index contributed by atoms with van der Waals surface area (Å²) in [5.74, 6) is -1.29. The van der Waals surface area contributed by atoms with Crippen LogP contribution in [0.25, 0.3) is 0 Å². The first-order chi connectivity index (χ1) is 6.90. The van der Waals surface area contributed by atoms with E-state index in [1.807, 2.05) is 0 Å². The molecule has 2 atom stereocenters. The second-order valence-electron chi connectivity index (χ2n) is 3.54. The minimum atomic E-state index is -0.829. The third-order valence-corrected chi connectivity index (χ3v) is 1.88. The Morgan fingerprint density at radius 3 is 2.20 bits per heavy atom. The molecule has 84 valence electrons. The molecule has 0 radical (unpaired) electrons. The Hall–Kier alpha value is -1.68. The number of rotatable bonds is 5. The van der Waals surface area contributed by atoms with Crippen molar-refractivity contribution in [3.63, 3.8) is 0 Å². The lowest BCUT2D eigenvalue weighted by molar-refractivity contribution is -0.128. The van der Waals surface area contributed by atoms with Crippen molar-refractivity contribution in [2.24, 2.45) is 16.6 Å². The zero-order valence-electron chi connectivity index (χ0n) is 8.98. The fraction of sp³-hybridized carbons (Fsp3) is 0.667. The van der Waals surface area contributed by atoms with Crippen LogP contribution >= 0.6 is 0 Å². The monoisotopic (exact) mass is 213 g/mol. The summed E-state index contributed by atoms with van der Waals surface area (Å²) in [6.07, 6.45) is 1.33. The second-order valence-corrected chi connectivity index (χ2v) is 3.54. The SMILES string of the molecule is CC(NC(=O)C(N=C=O)C(C)C)C(N)=O. The largest absolute Gasteiger partial charge is 0.368 e. The lowest BCUT2D eigenvalue weighted by Gasteiger charge is -2.16. The molecule has 0 aliphatic heterocycles. The van der Waals surface area contributed by atoms with Crippen molar-refractivity contribution in [1.29, 1.82) is 0 Å². The zero-order chi connectivity index (χ0) is 12.0. The standard InChI is InChI=1S/C9H15N3O3/c1-5(2)7(11-4-13)9(15)12-6(3)8(10)14/h5-7H,1-3H3,(H2,10,14)(H,12,15). The summed E-state index contributed by atoms with van der Waals surface area (Å²) in [4.78, 5) is 35.6.